The Morgan fingerprint density at radius 3 is 2.25 bits per heavy atom. The van der Waals surface area contributed by atoms with E-state index in [-0.39, 0.29) is 5.41 Å². The standard InChI is InChI=1S/C17H25Cl2N/c1-12(2)20-11-17(9-7-13(3)8-10-17)16-14(18)5-4-6-15(16)19/h4-6,12-13,20H,7-11H2,1-3H3. The van der Waals surface area contributed by atoms with Crippen molar-refractivity contribution in [1.29, 1.82) is 0 Å². The molecule has 1 aromatic carbocycles. The molecular formula is C17H25Cl2N. The second kappa shape index (κ2) is 6.68. The van der Waals surface area contributed by atoms with Gasteiger partial charge in [-0.25, -0.2) is 0 Å². The summed E-state index contributed by atoms with van der Waals surface area (Å²) in [6, 6.07) is 6.35. The number of hydrogen-bond donors (Lipinski definition) is 1. The third-order valence-electron chi connectivity index (χ3n) is 4.57. The molecule has 0 spiro atoms. The van der Waals surface area contributed by atoms with Crippen molar-refractivity contribution in [2.75, 3.05) is 6.54 Å². The predicted octanol–water partition coefficient (Wildman–Crippen LogP) is 5.44. The Kier molecular flexibility index (Phi) is 5.39. The molecule has 1 N–H and O–H groups in total. The number of rotatable bonds is 4. The van der Waals surface area contributed by atoms with Gasteiger partial charge in [-0.15, -0.1) is 0 Å². The second-order valence-corrected chi connectivity index (χ2v) is 7.41. The van der Waals surface area contributed by atoms with Gasteiger partial charge in [-0.05, 0) is 49.3 Å². The summed E-state index contributed by atoms with van der Waals surface area (Å²) in [5, 5.41) is 5.24. The Labute approximate surface area is 133 Å². The fourth-order valence-electron chi connectivity index (χ4n) is 3.23. The molecule has 1 aliphatic rings. The fraction of sp³-hybridized carbons (Fsp3) is 0.647. The Morgan fingerprint density at radius 1 is 1.20 bits per heavy atom. The zero-order valence-electron chi connectivity index (χ0n) is 12.7. The van der Waals surface area contributed by atoms with Gasteiger partial charge in [-0.3, -0.25) is 0 Å². The van der Waals surface area contributed by atoms with Crippen molar-refractivity contribution >= 4 is 23.2 Å². The maximum Gasteiger partial charge on any atom is 0.0459 e. The van der Waals surface area contributed by atoms with Crippen LogP contribution in [0.3, 0.4) is 0 Å². The average Bonchev–Trinajstić information content (AvgIpc) is 2.39. The summed E-state index contributed by atoms with van der Waals surface area (Å²) in [5.74, 6) is 0.809. The van der Waals surface area contributed by atoms with Crippen molar-refractivity contribution in [2.45, 2.75) is 57.9 Å². The average molecular weight is 314 g/mol. The van der Waals surface area contributed by atoms with Gasteiger partial charge in [0.1, 0.15) is 0 Å². The molecule has 0 aromatic heterocycles. The van der Waals surface area contributed by atoms with Gasteiger partial charge in [0.05, 0.1) is 0 Å². The van der Waals surface area contributed by atoms with Gasteiger partial charge in [0.15, 0.2) is 0 Å². The summed E-state index contributed by atoms with van der Waals surface area (Å²) in [6.07, 6.45) is 4.83. The summed E-state index contributed by atoms with van der Waals surface area (Å²) in [6.45, 7) is 7.68. The molecule has 0 unspecified atom stereocenters. The van der Waals surface area contributed by atoms with Crippen LogP contribution in [0.5, 0.6) is 0 Å². The molecule has 0 atom stereocenters. The Balaban J connectivity index is 2.35. The first-order valence-electron chi connectivity index (χ1n) is 7.62. The van der Waals surface area contributed by atoms with Crippen LogP contribution < -0.4 is 5.32 Å². The first-order valence-corrected chi connectivity index (χ1v) is 8.38. The molecule has 0 radical (unpaired) electrons. The Hall–Kier alpha value is -0.240. The molecule has 2 rings (SSSR count). The molecule has 0 aliphatic heterocycles. The molecule has 1 aromatic rings. The molecule has 1 nitrogen and oxygen atoms in total. The molecule has 0 heterocycles. The van der Waals surface area contributed by atoms with Crippen molar-refractivity contribution in [3.63, 3.8) is 0 Å². The quantitative estimate of drug-likeness (QED) is 0.780. The predicted molar refractivity (Wildman–Crippen MR) is 88.9 cm³/mol. The normalized spacial score (nSPS) is 27.0. The molecule has 3 heteroatoms. The van der Waals surface area contributed by atoms with E-state index in [1.54, 1.807) is 0 Å². The van der Waals surface area contributed by atoms with Gasteiger partial charge in [-0.2, -0.15) is 0 Å². The van der Waals surface area contributed by atoms with Crippen LogP contribution in [0.15, 0.2) is 18.2 Å². The van der Waals surface area contributed by atoms with E-state index in [1.807, 2.05) is 18.2 Å². The minimum atomic E-state index is 0.0895. The van der Waals surface area contributed by atoms with E-state index in [0.29, 0.717) is 6.04 Å². The van der Waals surface area contributed by atoms with Crippen LogP contribution in [-0.2, 0) is 5.41 Å². The lowest BCUT2D eigenvalue weighted by atomic mass is 9.66. The lowest BCUT2D eigenvalue weighted by Gasteiger charge is -2.41. The van der Waals surface area contributed by atoms with Crippen LogP contribution in [0.4, 0.5) is 0 Å². The SMILES string of the molecule is CC1CCC(CNC(C)C)(c2c(Cl)cccc2Cl)CC1. The summed E-state index contributed by atoms with van der Waals surface area (Å²) in [7, 11) is 0. The molecular weight excluding hydrogens is 289 g/mol. The third-order valence-corrected chi connectivity index (χ3v) is 5.20. The first kappa shape index (κ1) is 16.1. The van der Waals surface area contributed by atoms with Crippen LogP contribution in [0, 0.1) is 5.92 Å². The van der Waals surface area contributed by atoms with Crippen LogP contribution in [0.2, 0.25) is 10.0 Å². The molecule has 20 heavy (non-hydrogen) atoms. The molecule has 1 fully saturated rings. The number of hydrogen-bond acceptors (Lipinski definition) is 1. The van der Waals surface area contributed by atoms with E-state index in [0.717, 1.165) is 40.9 Å². The van der Waals surface area contributed by atoms with Crippen molar-refractivity contribution in [1.82, 2.24) is 5.32 Å². The van der Waals surface area contributed by atoms with E-state index >= 15 is 0 Å². The lowest BCUT2D eigenvalue weighted by molar-refractivity contribution is 0.229. The second-order valence-electron chi connectivity index (χ2n) is 6.60. The summed E-state index contributed by atoms with van der Waals surface area (Å²) >= 11 is 13.0. The van der Waals surface area contributed by atoms with Crippen molar-refractivity contribution in [3.05, 3.63) is 33.8 Å². The van der Waals surface area contributed by atoms with Crippen LogP contribution in [0.1, 0.15) is 52.0 Å². The molecule has 0 bridgehead atoms. The number of nitrogens with one attached hydrogen (secondary N) is 1. The van der Waals surface area contributed by atoms with Gasteiger partial charge >= 0.3 is 0 Å². The van der Waals surface area contributed by atoms with Gasteiger partial charge < -0.3 is 5.32 Å². The van der Waals surface area contributed by atoms with Crippen LogP contribution >= 0.6 is 23.2 Å². The fourth-order valence-corrected chi connectivity index (χ4v) is 4.03. The van der Waals surface area contributed by atoms with E-state index in [2.05, 4.69) is 26.1 Å². The first-order chi connectivity index (χ1) is 9.44. The van der Waals surface area contributed by atoms with E-state index in [4.69, 9.17) is 23.2 Å². The Bertz CT molecular complexity index is 428. The zero-order valence-corrected chi connectivity index (χ0v) is 14.2. The highest BCUT2D eigenvalue weighted by Gasteiger charge is 2.38. The van der Waals surface area contributed by atoms with Gasteiger partial charge in [0, 0.05) is 28.0 Å². The molecule has 1 aliphatic carbocycles. The van der Waals surface area contributed by atoms with Crippen LogP contribution in [0.25, 0.3) is 0 Å². The van der Waals surface area contributed by atoms with E-state index in [1.165, 1.54) is 12.8 Å². The molecule has 0 amide bonds. The summed E-state index contributed by atoms with van der Waals surface area (Å²) in [4.78, 5) is 0. The highest BCUT2D eigenvalue weighted by Crippen LogP contribution is 2.46. The van der Waals surface area contributed by atoms with Crippen LogP contribution in [-0.4, -0.2) is 12.6 Å². The maximum atomic E-state index is 6.49. The van der Waals surface area contributed by atoms with Crippen molar-refractivity contribution in [2.24, 2.45) is 5.92 Å². The summed E-state index contributed by atoms with van der Waals surface area (Å²) < 4.78 is 0. The van der Waals surface area contributed by atoms with Gasteiger partial charge in [0.2, 0.25) is 0 Å². The highest BCUT2D eigenvalue weighted by molar-refractivity contribution is 6.36. The van der Waals surface area contributed by atoms with E-state index < -0.39 is 0 Å². The molecule has 0 saturated heterocycles. The maximum absolute atomic E-state index is 6.49. The smallest absolute Gasteiger partial charge is 0.0459 e. The summed E-state index contributed by atoms with van der Waals surface area (Å²) in [5.41, 5.74) is 1.25. The van der Waals surface area contributed by atoms with Gasteiger partial charge in [-0.1, -0.05) is 50.0 Å². The number of benzene rings is 1. The van der Waals surface area contributed by atoms with Crippen molar-refractivity contribution < 1.29 is 0 Å². The largest absolute Gasteiger partial charge is 0.314 e. The highest BCUT2D eigenvalue weighted by atomic mass is 35.5. The number of halogens is 2. The van der Waals surface area contributed by atoms with Crippen molar-refractivity contribution in [3.8, 4) is 0 Å². The lowest BCUT2D eigenvalue weighted by Crippen LogP contribution is -2.43. The monoisotopic (exact) mass is 313 g/mol. The minimum absolute atomic E-state index is 0.0895. The Morgan fingerprint density at radius 2 is 1.75 bits per heavy atom. The van der Waals surface area contributed by atoms with E-state index in [9.17, 15) is 0 Å². The topological polar surface area (TPSA) is 12.0 Å². The molecule has 112 valence electrons. The zero-order chi connectivity index (χ0) is 14.8. The third kappa shape index (κ3) is 3.50. The molecule has 1 saturated carbocycles. The van der Waals surface area contributed by atoms with Gasteiger partial charge in [0.25, 0.3) is 0 Å². The minimum Gasteiger partial charge on any atom is -0.314 e.